The predicted octanol–water partition coefficient (Wildman–Crippen LogP) is 2.90. The first-order chi connectivity index (χ1) is 10.1. The van der Waals surface area contributed by atoms with Gasteiger partial charge >= 0.3 is 0 Å². The molecule has 1 aliphatic heterocycles. The first-order valence-corrected chi connectivity index (χ1v) is 7.85. The van der Waals surface area contributed by atoms with Crippen LogP contribution in [0.3, 0.4) is 0 Å². The normalized spacial score (nSPS) is 17.1. The maximum Gasteiger partial charge on any atom is 0.221 e. The molecule has 0 radical (unpaired) electrons. The molecule has 1 aliphatic rings. The van der Waals surface area contributed by atoms with Crippen LogP contribution in [0.15, 0.2) is 24.3 Å². The Morgan fingerprint density at radius 1 is 1.45 bits per heavy atom. The van der Waals surface area contributed by atoms with Crippen LogP contribution in [0.4, 0.5) is 0 Å². The molecule has 1 amide bonds. The molecule has 1 fully saturated rings. The predicted molar refractivity (Wildman–Crippen MR) is 91.5 cm³/mol. The van der Waals surface area contributed by atoms with E-state index in [-0.39, 0.29) is 18.3 Å². The number of amides is 1. The highest BCUT2D eigenvalue weighted by molar-refractivity contribution is 5.85. The maximum absolute atomic E-state index is 11.9. The van der Waals surface area contributed by atoms with Crippen LogP contribution in [0.1, 0.15) is 38.7 Å². The van der Waals surface area contributed by atoms with Gasteiger partial charge in [0.1, 0.15) is 5.75 Å². The summed E-state index contributed by atoms with van der Waals surface area (Å²) in [6, 6.07) is 8.28. The van der Waals surface area contributed by atoms with Gasteiger partial charge in [0, 0.05) is 19.0 Å². The monoisotopic (exact) mass is 326 g/mol. The number of rotatable bonds is 7. The van der Waals surface area contributed by atoms with Crippen molar-refractivity contribution in [2.45, 2.75) is 45.7 Å². The third-order valence-corrected chi connectivity index (χ3v) is 3.57. The van der Waals surface area contributed by atoms with Gasteiger partial charge in [0.25, 0.3) is 0 Å². The minimum atomic E-state index is 0. The minimum absolute atomic E-state index is 0. The molecule has 0 bridgehead atoms. The van der Waals surface area contributed by atoms with Gasteiger partial charge in [-0.05, 0) is 43.0 Å². The summed E-state index contributed by atoms with van der Waals surface area (Å²) in [7, 11) is 0. The van der Waals surface area contributed by atoms with Crippen LogP contribution in [-0.4, -0.2) is 25.1 Å². The molecule has 0 aromatic heterocycles. The molecule has 1 heterocycles. The van der Waals surface area contributed by atoms with Crippen LogP contribution in [0, 0.1) is 5.92 Å². The zero-order valence-electron chi connectivity index (χ0n) is 13.4. The van der Waals surface area contributed by atoms with Gasteiger partial charge in [0.05, 0.1) is 6.61 Å². The summed E-state index contributed by atoms with van der Waals surface area (Å²) < 4.78 is 5.70. The molecule has 5 heteroatoms. The number of ether oxygens (including phenoxy) is 1. The second-order valence-electron chi connectivity index (χ2n) is 6.13. The van der Waals surface area contributed by atoms with Crippen molar-refractivity contribution in [2.24, 2.45) is 5.92 Å². The van der Waals surface area contributed by atoms with Gasteiger partial charge in [-0.3, -0.25) is 4.79 Å². The van der Waals surface area contributed by atoms with E-state index in [9.17, 15) is 4.79 Å². The summed E-state index contributed by atoms with van der Waals surface area (Å²) in [5.74, 6) is 1.49. The van der Waals surface area contributed by atoms with Gasteiger partial charge in [-0.2, -0.15) is 0 Å². The van der Waals surface area contributed by atoms with E-state index in [0.29, 0.717) is 31.5 Å². The van der Waals surface area contributed by atoms with Gasteiger partial charge in [0.2, 0.25) is 5.91 Å². The van der Waals surface area contributed by atoms with E-state index < -0.39 is 0 Å². The fourth-order valence-electron chi connectivity index (χ4n) is 2.44. The van der Waals surface area contributed by atoms with Crippen molar-refractivity contribution in [1.29, 1.82) is 0 Å². The van der Waals surface area contributed by atoms with Crippen LogP contribution < -0.4 is 15.4 Å². The lowest BCUT2D eigenvalue weighted by Gasteiger charge is -2.12. The number of carbonyl (C=O) groups excluding carboxylic acids is 1. The summed E-state index contributed by atoms with van der Waals surface area (Å²) in [5, 5.41) is 6.32. The molecule has 2 N–H and O–H groups in total. The molecule has 1 saturated heterocycles. The van der Waals surface area contributed by atoms with Crippen molar-refractivity contribution in [3.63, 3.8) is 0 Å². The summed E-state index contributed by atoms with van der Waals surface area (Å²) in [5.41, 5.74) is 1.07. The molecule has 2 rings (SSSR count). The van der Waals surface area contributed by atoms with Crippen LogP contribution in [0.5, 0.6) is 5.75 Å². The van der Waals surface area contributed by atoms with E-state index in [1.54, 1.807) is 0 Å². The van der Waals surface area contributed by atoms with E-state index in [1.165, 1.54) is 6.42 Å². The van der Waals surface area contributed by atoms with Crippen LogP contribution in [-0.2, 0) is 11.3 Å². The second-order valence-corrected chi connectivity index (χ2v) is 6.13. The van der Waals surface area contributed by atoms with Crippen molar-refractivity contribution in [1.82, 2.24) is 10.6 Å². The number of benzene rings is 1. The topological polar surface area (TPSA) is 50.4 Å². The quantitative estimate of drug-likeness (QED) is 0.810. The molecule has 0 aliphatic carbocycles. The van der Waals surface area contributed by atoms with Crippen molar-refractivity contribution in [2.75, 3.05) is 13.2 Å². The van der Waals surface area contributed by atoms with Crippen molar-refractivity contribution < 1.29 is 9.53 Å². The molecule has 1 unspecified atom stereocenters. The highest BCUT2D eigenvalue weighted by Gasteiger charge is 2.17. The van der Waals surface area contributed by atoms with E-state index in [1.807, 2.05) is 24.3 Å². The standard InChI is InChI=1S/C17H26N2O2.ClH/c1-13(2)12-21-16-7-3-5-14(9-16)11-19-17(20)10-15-6-4-8-18-15;/h3,5,7,9,13,15,18H,4,6,8,10-12H2,1-2H3,(H,19,20);1H. The first kappa shape index (κ1) is 18.8. The van der Waals surface area contributed by atoms with E-state index in [0.717, 1.165) is 24.3 Å². The lowest BCUT2D eigenvalue weighted by molar-refractivity contribution is -0.121. The van der Waals surface area contributed by atoms with E-state index in [2.05, 4.69) is 24.5 Å². The molecule has 1 atom stereocenters. The Labute approximate surface area is 139 Å². The molecular weight excluding hydrogens is 300 g/mol. The van der Waals surface area contributed by atoms with Gasteiger partial charge in [-0.15, -0.1) is 12.4 Å². The van der Waals surface area contributed by atoms with E-state index in [4.69, 9.17) is 4.74 Å². The molecule has 4 nitrogen and oxygen atoms in total. The van der Waals surface area contributed by atoms with Crippen molar-refractivity contribution in [3.05, 3.63) is 29.8 Å². The Morgan fingerprint density at radius 2 is 2.27 bits per heavy atom. The Balaban J connectivity index is 0.00000242. The van der Waals surface area contributed by atoms with Gasteiger partial charge in [-0.1, -0.05) is 26.0 Å². The second kappa shape index (κ2) is 9.70. The van der Waals surface area contributed by atoms with Gasteiger partial charge < -0.3 is 15.4 Å². The first-order valence-electron chi connectivity index (χ1n) is 7.85. The van der Waals surface area contributed by atoms with Crippen LogP contribution >= 0.6 is 12.4 Å². The summed E-state index contributed by atoms with van der Waals surface area (Å²) in [6.07, 6.45) is 2.85. The van der Waals surface area contributed by atoms with Crippen molar-refractivity contribution in [3.8, 4) is 5.75 Å². The molecular formula is C17H27ClN2O2. The number of nitrogens with one attached hydrogen (secondary N) is 2. The summed E-state index contributed by atoms with van der Waals surface area (Å²) in [6.45, 7) is 6.56. The van der Waals surface area contributed by atoms with Crippen LogP contribution in [0.25, 0.3) is 0 Å². The van der Waals surface area contributed by atoms with Crippen LogP contribution in [0.2, 0.25) is 0 Å². The minimum Gasteiger partial charge on any atom is -0.493 e. The smallest absolute Gasteiger partial charge is 0.221 e. The molecule has 22 heavy (non-hydrogen) atoms. The number of hydrogen-bond donors (Lipinski definition) is 2. The number of hydrogen-bond acceptors (Lipinski definition) is 3. The highest BCUT2D eigenvalue weighted by Crippen LogP contribution is 2.14. The van der Waals surface area contributed by atoms with E-state index >= 15 is 0 Å². The van der Waals surface area contributed by atoms with Gasteiger partial charge in [-0.25, -0.2) is 0 Å². The summed E-state index contributed by atoms with van der Waals surface area (Å²) >= 11 is 0. The Morgan fingerprint density at radius 3 is 2.95 bits per heavy atom. The molecule has 1 aromatic carbocycles. The number of carbonyl (C=O) groups is 1. The summed E-state index contributed by atoms with van der Waals surface area (Å²) in [4.78, 5) is 11.9. The van der Waals surface area contributed by atoms with Crippen molar-refractivity contribution >= 4 is 18.3 Å². The zero-order valence-corrected chi connectivity index (χ0v) is 14.2. The molecule has 0 spiro atoms. The maximum atomic E-state index is 11.9. The Hall–Kier alpha value is -1.26. The lowest BCUT2D eigenvalue weighted by atomic mass is 10.1. The molecule has 124 valence electrons. The molecule has 1 aromatic rings. The SMILES string of the molecule is CC(C)COc1cccc(CNC(=O)CC2CCCN2)c1.Cl. The fourth-order valence-corrected chi connectivity index (χ4v) is 2.44. The molecule has 0 saturated carbocycles. The van der Waals surface area contributed by atoms with Gasteiger partial charge in [0.15, 0.2) is 0 Å². The third-order valence-electron chi connectivity index (χ3n) is 3.57. The average molecular weight is 327 g/mol. The average Bonchev–Trinajstić information content (AvgIpc) is 2.96. The largest absolute Gasteiger partial charge is 0.493 e. The Bertz CT molecular complexity index is 460. The zero-order chi connectivity index (χ0) is 15.1. The fraction of sp³-hybridized carbons (Fsp3) is 0.588. The lowest BCUT2D eigenvalue weighted by Crippen LogP contribution is -2.31. The Kier molecular flexibility index (Phi) is 8.28. The highest BCUT2D eigenvalue weighted by atomic mass is 35.5. The third kappa shape index (κ3) is 6.67. The number of halogens is 1.